The van der Waals surface area contributed by atoms with Crippen LogP contribution in [-0.4, -0.2) is 33.3 Å². The molecular weight excluding hydrogens is 414 g/mol. The Balaban J connectivity index is 1.24. The Morgan fingerprint density at radius 1 is 1.03 bits per heavy atom. The number of pyridine rings is 1. The second-order valence-electron chi connectivity index (χ2n) is 8.83. The molecular formula is C26H27N5O2. The molecule has 33 heavy (non-hydrogen) atoms. The molecule has 7 nitrogen and oxygen atoms in total. The lowest BCUT2D eigenvalue weighted by Gasteiger charge is -2.19. The smallest absolute Gasteiger partial charge is 0.289 e. The van der Waals surface area contributed by atoms with Crippen molar-refractivity contribution in [2.75, 3.05) is 11.4 Å². The van der Waals surface area contributed by atoms with Crippen LogP contribution in [0.1, 0.15) is 53.8 Å². The minimum Gasteiger partial charge on any atom is -0.345 e. The minimum absolute atomic E-state index is 0.132. The molecule has 1 fully saturated rings. The molecule has 1 aromatic carbocycles. The monoisotopic (exact) mass is 441 g/mol. The molecule has 168 valence electrons. The molecule has 1 saturated carbocycles. The van der Waals surface area contributed by atoms with Crippen molar-refractivity contribution in [1.82, 2.24) is 20.3 Å². The molecule has 2 aliphatic rings. The largest absolute Gasteiger partial charge is 0.345 e. The molecule has 1 N–H and O–H groups in total. The Morgan fingerprint density at radius 2 is 1.85 bits per heavy atom. The van der Waals surface area contributed by atoms with Crippen molar-refractivity contribution in [3.63, 3.8) is 0 Å². The average molecular weight is 442 g/mol. The number of nitrogens with zero attached hydrogens (tertiary/aromatic N) is 4. The average Bonchev–Trinajstić information content (AvgIpc) is 3.52. The highest BCUT2D eigenvalue weighted by Gasteiger charge is 2.28. The van der Waals surface area contributed by atoms with E-state index in [1.807, 2.05) is 29.2 Å². The number of aromatic nitrogens is 3. The first-order valence-electron chi connectivity index (χ1n) is 11.6. The molecule has 5 rings (SSSR count). The topological polar surface area (TPSA) is 88.1 Å². The summed E-state index contributed by atoms with van der Waals surface area (Å²) in [4.78, 5) is 39.7. The summed E-state index contributed by atoms with van der Waals surface area (Å²) >= 11 is 0. The summed E-state index contributed by atoms with van der Waals surface area (Å²) in [6, 6.07) is 9.86. The Hall–Kier alpha value is -3.61. The van der Waals surface area contributed by atoms with Crippen molar-refractivity contribution >= 4 is 17.5 Å². The second kappa shape index (κ2) is 9.48. The van der Waals surface area contributed by atoms with Crippen LogP contribution in [-0.2, 0) is 17.8 Å². The first-order valence-corrected chi connectivity index (χ1v) is 11.6. The number of carbonyl (C=O) groups is 2. The molecule has 3 heterocycles. The van der Waals surface area contributed by atoms with Crippen LogP contribution in [0.4, 0.5) is 5.69 Å². The lowest BCUT2D eigenvalue weighted by molar-refractivity contribution is -0.119. The normalized spacial score (nSPS) is 15.5. The summed E-state index contributed by atoms with van der Waals surface area (Å²) in [5, 5.41) is 2.81. The third kappa shape index (κ3) is 4.77. The van der Waals surface area contributed by atoms with Crippen molar-refractivity contribution in [3.8, 4) is 11.1 Å². The third-order valence-electron chi connectivity index (χ3n) is 6.58. The lowest BCUT2D eigenvalue weighted by Crippen LogP contribution is -2.30. The highest BCUT2D eigenvalue weighted by molar-refractivity contribution is 5.96. The molecule has 3 aromatic rings. The van der Waals surface area contributed by atoms with Gasteiger partial charge in [-0.1, -0.05) is 25.0 Å². The van der Waals surface area contributed by atoms with Crippen molar-refractivity contribution in [1.29, 1.82) is 0 Å². The molecule has 0 saturated heterocycles. The Labute approximate surface area is 193 Å². The number of fused-ring (bicyclic) bond motifs is 1. The number of amides is 2. The molecule has 2 amide bonds. The van der Waals surface area contributed by atoms with E-state index in [4.69, 9.17) is 0 Å². The summed E-state index contributed by atoms with van der Waals surface area (Å²) in [7, 11) is 0. The van der Waals surface area contributed by atoms with Crippen LogP contribution in [0.15, 0.2) is 55.1 Å². The van der Waals surface area contributed by atoms with Crippen molar-refractivity contribution in [2.24, 2.45) is 5.92 Å². The maximum Gasteiger partial charge on any atom is 0.289 e. The summed E-state index contributed by atoms with van der Waals surface area (Å²) in [5.74, 6) is 0.611. The van der Waals surface area contributed by atoms with E-state index in [1.54, 1.807) is 24.8 Å². The molecule has 0 radical (unpaired) electrons. The van der Waals surface area contributed by atoms with E-state index in [-0.39, 0.29) is 17.6 Å². The van der Waals surface area contributed by atoms with Crippen LogP contribution < -0.4 is 10.2 Å². The predicted octanol–water partition coefficient (Wildman–Crippen LogP) is 3.94. The van der Waals surface area contributed by atoms with Crippen molar-refractivity contribution < 1.29 is 9.59 Å². The molecule has 1 aliphatic heterocycles. The van der Waals surface area contributed by atoms with Gasteiger partial charge in [0.1, 0.15) is 0 Å². The lowest BCUT2D eigenvalue weighted by atomic mass is 10.0. The number of hydrogen-bond donors (Lipinski definition) is 1. The standard InChI is InChI=1S/C26H27N5O2/c32-24(12-18-4-1-2-5-18)31-11-9-21-13-20(7-8-23(21)31)22-16-28-25(29-17-22)26(33)30-15-19-6-3-10-27-14-19/h3,6-8,10,13-14,16-18H,1-2,4-5,9,11-12,15H2,(H,30,33). The molecule has 2 aromatic heterocycles. The van der Waals surface area contributed by atoms with Gasteiger partial charge in [-0.05, 0) is 60.1 Å². The van der Waals surface area contributed by atoms with Gasteiger partial charge in [0.05, 0.1) is 0 Å². The summed E-state index contributed by atoms with van der Waals surface area (Å²) in [6.45, 7) is 1.12. The minimum atomic E-state index is -0.323. The van der Waals surface area contributed by atoms with E-state index in [0.29, 0.717) is 18.9 Å². The number of rotatable bonds is 6. The van der Waals surface area contributed by atoms with Gasteiger partial charge in [-0.25, -0.2) is 9.97 Å². The van der Waals surface area contributed by atoms with Gasteiger partial charge < -0.3 is 10.2 Å². The zero-order valence-corrected chi connectivity index (χ0v) is 18.5. The molecule has 0 atom stereocenters. The number of carbonyl (C=O) groups excluding carboxylic acids is 2. The zero-order valence-electron chi connectivity index (χ0n) is 18.5. The van der Waals surface area contributed by atoms with Gasteiger partial charge in [0.15, 0.2) is 0 Å². The zero-order chi connectivity index (χ0) is 22.6. The van der Waals surface area contributed by atoms with Gasteiger partial charge >= 0.3 is 0 Å². The molecule has 0 spiro atoms. The third-order valence-corrected chi connectivity index (χ3v) is 6.58. The van der Waals surface area contributed by atoms with Crippen molar-refractivity contribution in [3.05, 3.63) is 72.1 Å². The predicted molar refractivity (Wildman–Crippen MR) is 126 cm³/mol. The number of nitrogens with one attached hydrogen (secondary N) is 1. The summed E-state index contributed by atoms with van der Waals surface area (Å²) in [5.41, 5.74) is 4.94. The van der Waals surface area contributed by atoms with E-state index in [1.165, 1.54) is 31.2 Å². The van der Waals surface area contributed by atoms with Gasteiger partial charge in [0.2, 0.25) is 11.7 Å². The van der Waals surface area contributed by atoms with Crippen LogP contribution in [0, 0.1) is 5.92 Å². The van der Waals surface area contributed by atoms with Gasteiger partial charge in [0, 0.05) is 55.5 Å². The van der Waals surface area contributed by atoms with Crippen LogP contribution in [0.25, 0.3) is 11.1 Å². The molecule has 7 heteroatoms. The van der Waals surface area contributed by atoms with Crippen LogP contribution in [0.5, 0.6) is 0 Å². The van der Waals surface area contributed by atoms with Crippen LogP contribution in [0.2, 0.25) is 0 Å². The van der Waals surface area contributed by atoms with Crippen molar-refractivity contribution in [2.45, 2.75) is 45.1 Å². The number of hydrogen-bond acceptors (Lipinski definition) is 5. The maximum absolute atomic E-state index is 12.8. The van der Waals surface area contributed by atoms with Crippen LogP contribution >= 0.6 is 0 Å². The maximum atomic E-state index is 12.8. The molecule has 1 aliphatic carbocycles. The highest BCUT2D eigenvalue weighted by Crippen LogP contribution is 2.34. The van der Waals surface area contributed by atoms with Gasteiger partial charge in [-0.15, -0.1) is 0 Å². The fraction of sp³-hybridized carbons (Fsp3) is 0.346. The molecule has 0 bridgehead atoms. The quantitative estimate of drug-likeness (QED) is 0.626. The fourth-order valence-electron chi connectivity index (χ4n) is 4.77. The van der Waals surface area contributed by atoms with E-state index in [9.17, 15) is 9.59 Å². The summed E-state index contributed by atoms with van der Waals surface area (Å²) < 4.78 is 0. The van der Waals surface area contributed by atoms with E-state index < -0.39 is 0 Å². The first-order chi connectivity index (χ1) is 16.2. The number of benzene rings is 1. The fourth-order valence-corrected chi connectivity index (χ4v) is 4.77. The number of anilines is 1. The van der Waals surface area contributed by atoms with E-state index in [2.05, 4.69) is 26.3 Å². The van der Waals surface area contributed by atoms with E-state index >= 15 is 0 Å². The Bertz CT molecular complexity index is 1140. The second-order valence-corrected chi connectivity index (χ2v) is 8.83. The van der Waals surface area contributed by atoms with Gasteiger partial charge in [0.25, 0.3) is 5.91 Å². The van der Waals surface area contributed by atoms with Crippen LogP contribution in [0.3, 0.4) is 0 Å². The highest BCUT2D eigenvalue weighted by atomic mass is 16.2. The molecule has 0 unspecified atom stereocenters. The van der Waals surface area contributed by atoms with Gasteiger partial charge in [-0.3, -0.25) is 14.6 Å². The Morgan fingerprint density at radius 3 is 2.61 bits per heavy atom. The SMILES string of the molecule is O=C(NCc1cccnc1)c1ncc(-c2ccc3c(c2)CCN3C(=O)CC2CCCC2)cn1. The van der Waals surface area contributed by atoms with Gasteiger partial charge in [-0.2, -0.15) is 0 Å². The van der Waals surface area contributed by atoms with E-state index in [0.717, 1.165) is 35.3 Å². The first kappa shape index (κ1) is 21.2. The Kier molecular flexibility index (Phi) is 6.11. The summed E-state index contributed by atoms with van der Waals surface area (Å²) in [6.07, 6.45) is 13.1.